The summed E-state index contributed by atoms with van der Waals surface area (Å²) in [5, 5.41) is 0. The molecule has 0 saturated heterocycles. The highest BCUT2D eigenvalue weighted by atomic mass is 32.2. The van der Waals surface area contributed by atoms with Gasteiger partial charge in [0.1, 0.15) is 0 Å². The van der Waals surface area contributed by atoms with Crippen molar-refractivity contribution in [1.29, 1.82) is 0 Å². The van der Waals surface area contributed by atoms with E-state index in [1.54, 1.807) is 12.1 Å². The monoisotopic (exact) mass is 337 g/mol. The minimum Gasteiger partial charge on any atom is -0.295 e. The standard InChI is InChI=1S/C17H23NO4S/c1-4-5-6-16(17(20)12-9-14(3)19)18-23(21,22)15-10-7-13(2)8-11-15/h7-12,16,18H,4-6H2,1-3H3/b12-9+. The molecule has 1 aromatic rings. The highest BCUT2D eigenvalue weighted by molar-refractivity contribution is 7.89. The molecule has 5 nitrogen and oxygen atoms in total. The third-order valence-electron chi connectivity index (χ3n) is 3.30. The molecule has 6 heteroatoms. The second kappa shape index (κ2) is 8.74. The summed E-state index contributed by atoms with van der Waals surface area (Å²) < 4.78 is 27.3. The maximum absolute atomic E-state index is 12.4. The van der Waals surface area contributed by atoms with Gasteiger partial charge in [-0.1, -0.05) is 37.5 Å². The average Bonchev–Trinajstić information content (AvgIpc) is 2.49. The van der Waals surface area contributed by atoms with Crippen LogP contribution in [0.15, 0.2) is 41.3 Å². The summed E-state index contributed by atoms with van der Waals surface area (Å²) in [6.07, 6.45) is 4.23. The minimum atomic E-state index is -3.78. The molecule has 126 valence electrons. The summed E-state index contributed by atoms with van der Waals surface area (Å²) in [5.41, 5.74) is 0.951. The van der Waals surface area contributed by atoms with Gasteiger partial charge < -0.3 is 0 Å². The number of aryl methyl sites for hydroxylation is 1. The van der Waals surface area contributed by atoms with E-state index in [9.17, 15) is 18.0 Å². The number of unbranched alkanes of at least 4 members (excludes halogenated alkanes) is 1. The summed E-state index contributed by atoms with van der Waals surface area (Å²) >= 11 is 0. The Balaban J connectivity index is 2.97. The Labute approximate surface area is 137 Å². The Bertz CT molecular complexity index is 675. The van der Waals surface area contributed by atoms with E-state index in [1.807, 2.05) is 13.8 Å². The van der Waals surface area contributed by atoms with Gasteiger partial charge in [-0.25, -0.2) is 13.1 Å². The van der Waals surface area contributed by atoms with E-state index in [-0.39, 0.29) is 10.7 Å². The number of hydrogen-bond acceptors (Lipinski definition) is 4. The Kier molecular flexibility index (Phi) is 7.32. The van der Waals surface area contributed by atoms with Gasteiger partial charge in [-0.15, -0.1) is 0 Å². The van der Waals surface area contributed by atoms with Crippen LogP contribution in [0.25, 0.3) is 0 Å². The Hall–Kier alpha value is -1.79. The molecule has 0 amide bonds. The van der Waals surface area contributed by atoms with Crippen molar-refractivity contribution in [1.82, 2.24) is 4.72 Å². The number of benzene rings is 1. The van der Waals surface area contributed by atoms with Gasteiger partial charge in [0.2, 0.25) is 10.0 Å². The molecule has 0 saturated carbocycles. The predicted molar refractivity (Wildman–Crippen MR) is 89.6 cm³/mol. The first-order valence-corrected chi connectivity index (χ1v) is 9.06. The lowest BCUT2D eigenvalue weighted by molar-refractivity contribution is -0.117. The fourth-order valence-electron chi connectivity index (χ4n) is 1.96. The van der Waals surface area contributed by atoms with Crippen LogP contribution in [0.2, 0.25) is 0 Å². The quantitative estimate of drug-likeness (QED) is 0.702. The summed E-state index contributed by atoms with van der Waals surface area (Å²) in [5.74, 6) is -0.668. The molecule has 1 atom stereocenters. The fourth-order valence-corrected chi connectivity index (χ4v) is 3.19. The maximum atomic E-state index is 12.4. The smallest absolute Gasteiger partial charge is 0.241 e. The number of nitrogens with one attached hydrogen (secondary N) is 1. The van der Waals surface area contributed by atoms with Gasteiger partial charge >= 0.3 is 0 Å². The Morgan fingerprint density at radius 2 is 1.78 bits per heavy atom. The van der Waals surface area contributed by atoms with Gasteiger partial charge in [-0.3, -0.25) is 9.59 Å². The van der Waals surface area contributed by atoms with Gasteiger partial charge in [0.05, 0.1) is 10.9 Å². The Morgan fingerprint density at radius 1 is 1.17 bits per heavy atom. The zero-order chi connectivity index (χ0) is 17.5. The summed E-state index contributed by atoms with van der Waals surface area (Å²) in [6, 6.07) is 5.55. The molecule has 0 radical (unpaired) electrons. The molecular weight excluding hydrogens is 314 g/mol. The largest absolute Gasteiger partial charge is 0.295 e. The number of hydrogen-bond donors (Lipinski definition) is 1. The molecule has 0 spiro atoms. The predicted octanol–water partition coefficient (Wildman–Crippen LogP) is 2.55. The molecule has 0 fully saturated rings. The summed E-state index contributed by atoms with van der Waals surface area (Å²) in [6.45, 7) is 5.16. The second-order valence-electron chi connectivity index (χ2n) is 5.48. The second-order valence-corrected chi connectivity index (χ2v) is 7.19. The van der Waals surface area contributed by atoms with Crippen molar-refractivity contribution in [3.8, 4) is 0 Å². The molecule has 1 aromatic carbocycles. The maximum Gasteiger partial charge on any atom is 0.241 e. The highest BCUT2D eigenvalue weighted by Gasteiger charge is 2.23. The number of allylic oxidation sites excluding steroid dienone is 1. The van der Waals surface area contributed by atoms with Crippen molar-refractivity contribution in [2.45, 2.75) is 51.0 Å². The third-order valence-corrected chi connectivity index (χ3v) is 4.79. The summed E-state index contributed by atoms with van der Waals surface area (Å²) in [7, 11) is -3.78. The van der Waals surface area contributed by atoms with Crippen molar-refractivity contribution < 1.29 is 18.0 Å². The van der Waals surface area contributed by atoms with Crippen LogP contribution in [-0.4, -0.2) is 26.0 Å². The van der Waals surface area contributed by atoms with Crippen LogP contribution >= 0.6 is 0 Å². The van der Waals surface area contributed by atoms with Crippen molar-refractivity contribution in [2.75, 3.05) is 0 Å². The van der Waals surface area contributed by atoms with Crippen molar-refractivity contribution >= 4 is 21.6 Å². The van der Waals surface area contributed by atoms with E-state index in [4.69, 9.17) is 0 Å². The number of carbonyl (C=O) groups is 2. The third kappa shape index (κ3) is 6.46. The first-order chi connectivity index (χ1) is 10.8. The number of carbonyl (C=O) groups excluding carboxylic acids is 2. The molecule has 1 N–H and O–H groups in total. The van der Waals surface area contributed by atoms with E-state index in [0.29, 0.717) is 12.8 Å². The van der Waals surface area contributed by atoms with E-state index in [2.05, 4.69) is 4.72 Å². The van der Waals surface area contributed by atoms with Gasteiger partial charge in [-0.2, -0.15) is 0 Å². The SMILES string of the molecule is CCCCC(NS(=O)(=O)c1ccc(C)cc1)C(=O)/C=C/C(C)=O. The van der Waals surface area contributed by atoms with E-state index in [1.165, 1.54) is 19.1 Å². The normalized spacial score (nSPS) is 13.2. The molecule has 0 aliphatic carbocycles. The van der Waals surface area contributed by atoms with Gasteiger partial charge in [-0.05, 0) is 44.6 Å². The molecule has 0 bridgehead atoms. The average molecular weight is 337 g/mol. The molecule has 0 aromatic heterocycles. The van der Waals surface area contributed by atoms with E-state index in [0.717, 1.165) is 24.1 Å². The number of ketones is 2. The lowest BCUT2D eigenvalue weighted by Gasteiger charge is -2.16. The van der Waals surface area contributed by atoms with Crippen LogP contribution in [0.3, 0.4) is 0 Å². The molecule has 0 aliphatic rings. The van der Waals surface area contributed by atoms with E-state index < -0.39 is 21.8 Å². The number of rotatable bonds is 9. The fraction of sp³-hybridized carbons (Fsp3) is 0.412. The van der Waals surface area contributed by atoms with Crippen LogP contribution in [-0.2, 0) is 19.6 Å². The molecule has 1 unspecified atom stereocenters. The molecular formula is C17H23NO4S. The first kappa shape index (κ1) is 19.3. The van der Waals surface area contributed by atoms with Gasteiger partial charge in [0.15, 0.2) is 11.6 Å². The zero-order valence-corrected chi connectivity index (χ0v) is 14.5. The van der Waals surface area contributed by atoms with Crippen LogP contribution in [0, 0.1) is 6.92 Å². The highest BCUT2D eigenvalue weighted by Crippen LogP contribution is 2.13. The van der Waals surface area contributed by atoms with Crippen molar-refractivity contribution in [2.24, 2.45) is 0 Å². The molecule has 1 rings (SSSR count). The molecule has 23 heavy (non-hydrogen) atoms. The van der Waals surface area contributed by atoms with Gasteiger partial charge in [0, 0.05) is 0 Å². The Morgan fingerprint density at radius 3 is 2.30 bits per heavy atom. The zero-order valence-electron chi connectivity index (χ0n) is 13.7. The van der Waals surface area contributed by atoms with Crippen LogP contribution in [0.1, 0.15) is 38.7 Å². The van der Waals surface area contributed by atoms with Crippen LogP contribution in [0.5, 0.6) is 0 Å². The van der Waals surface area contributed by atoms with Crippen LogP contribution in [0.4, 0.5) is 0 Å². The first-order valence-electron chi connectivity index (χ1n) is 7.57. The van der Waals surface area contributed by atoms with Gasteiger partial charge in [0.25, 0.3) is 0 Å². The van der Waals surface area contributed by atoms with E-state index >= 15 is 0 Å². The topological polar surface area (TPSA) is 80.3 Å². The minimum absolute atomic E-state index is 0.118. The lowest BCUT2D eigenvalue weighted by atomic mass is 10.1. The van der Waals surface area contributed by atoms with Crippen LogP contribution < -0.4 is 4.72 Å². The number of sulfonamides is 1. The summed E-state index contributed by atoms with van der Waals surface area (Å²) in [4.78, 5) is 23.2. The molecule has 0 heterocycles. The van der Waals surface area contributed by atoms with Crippen molar-refractivity contribution in [3.63, 3.8) is 0 Å². The van der Waals surface area contributed by atoms with Crippen molar-refractivity contribution in [3.05, 3.63) is 42.0 Å². The lowest BCUT2D eigenvalue weighted by Crippen LogP contribution is -2.40. The molecule has 0 aliphatic heterocycles.